The van der Waals surface area contributed by atoms with Crippen molar-refractivity contribution >= 4 is 5.91 Å². The van der Waals surface area contributed by atoms with Crippen LogP contribution in [0, 0.1) is 0 Å². The summed E-state index contributed by atoms with van der Waals surface area (Å²) in [4.78, 5) is 12.1. The first-order chi connectivity index (χ1) is 9.28. The maximum absolute atomic E-state index is 12.1. The van der Waals surface area contributed by atoms with E-state index >= 15 is 0 Å². The molecule has 0 aromatic heterocycles. The van der Waals surface area contributed by atoms with Gasteiger partial charge in [-0.3, -0.25) is 4.79 Å². The summed E-state index contributed by atoms with van der Waals surface area (Å²) in [5, 5.41) is 3.08. The van der Waals surface area contributed by atoms with E-state index in [-0.39, 0.29) is 24.2 Å². The van der Waals surface area contributed by atoms with Gasteiger partial charge >= 0.3 is 0 Å². The van der Waals surface area contributed by atoms with Crippen molar-refractivity contribution in [1.82, 2.24) is 5.32 Å². The number of rotatable bonds is 4. The fourth-order valence-electron chi connectivity index (χ4n) is 2.77. The Morgan fingerprint density at radius 3 is 2.79 bits per heavy atom. The van der Waals surface area contributed by atoms with Gasteiger partial charge in [0.05, 0.1) is 6.10 Å². The molecule has 0 radical (unpaired) electrons. The molecule has 1 aromatic carbocycles. The molecule has 4 atom stereocenters. The summed E-state index contributed by atoms with van der Waals surface area (Å²) in [5.41, 5.74) is 6.86. The summed E-state index contributed by atoms with van der Waals surface area (Å²) in [7, 11) is 0. The van der Waals surface area contributed by atoms with E-state index in [1.807, 2.05) is 18.2 Å². The molecular formula is C15H20N2O2. The molecule has 4 unspecified atom stereocenters. The Kier molecular flexibility index (Phi) is 3.53. The van der Waals surface area contributed by atoms with Crippen LogP contribution in [-0.2, 0) is 9.53 Å². The molecule has 1 aliphatic carbocycles. The third-order valence-electron chi connectivity index (χ3n) is 4.01. The van der Waals surface area contributed by atoms with Crippen molar-refractivity contribution in [3.05, 3.63) is 35.9 Å². The number of hydrogen-bond acceptors (Lipinski definition) is 3. The lowest BCUT2D eigenvalue weighted by atomic mass is 10.1. The lowest BCUT2D eigenvalue weighted by Gasteiger charge is -2.12. The van der Waals surface area contributed by atoms with Gasteiger partial charge in [0.1, 0.15) is 6.10 Å². The molecule has 1 amide bonds. The average Bonchev–Trinajstić information content (AvgIpc) is 3.04. The molecule has 102 valence electrons. The van der Waals surface area contributed by atoms with Crippen molar-refractivity contribution in [3.63, 3.8) is 0 Å². The van der Waals surface area contributed by atoms with Crippen molar-refractivity contribution in [3.8, 4) is 0 Å². The molecule has 4 heteroatoms. The van der Waals surface area contributed by atoms with Gasteiger partial charge in [0.25, 0.3) is 0 Å². The van der Waals surface area contributed by atoms with Gasteiger partial charge in [-0.15, -0.1) is 0 Å². The minimum absolute atomic E-state index is 0.0272. The molecule has 0 spiro atoms. The first-order valence-corrected chi connectivity index (χ1v) is 6.99. The predicted molar refractivity (Wildman–Crippen MR) is 72.7 cm³/mol. The average molecular weight is 260 g/mol. The number of amides is 1. The van der Waals surface area contributed by atoms with E-state index in [1.54, 1.807) is 0 Å². The van der Waals surface area contributed by atoms with Crippen molar-refractivity contribution in [2.75, 3.05) is 6.54 Å². The van der Waals surface area contributed by atoms with Crippen molar-refractivity contribution in [1.29, 1.82) is 0 Å². The maximum atomic E-state index is 12.1. The second-order valence-electron chi connectivity index (χ2n) is 5.43. The number of carbonyl (C=O) groups excluding carboxylic acids is 1. The minimum atomic E-state index is -0.300. The van der Waals surface area contributed by atoms with Crippen molar-refractivity contribution < 1.29 is 9.53 Å². The predicted octanol–water partition coefficient (Wildman–Crippen LogP) is 1.16. The molecule has 1 saturated heterocycles. The van der Waals surface area contributed by atoms with Gasteiger partial charge in [-0.25, -0.2) is 0 Å². The zero-order valence-corrected chi connectivity index (χ0v) is 10.9. The monoisotopic (exact) mass is 260 g/mol. The Hall–Kier alpha value is -1.39. The van der Waals surface area contributed by atoms with Crippen LogP contribution in [0.4, 0.5) is 0 Å². The topological polar surface area (TPSA) is 64.4 Å². The van der Waals surface area contributed by atoms with Crippen LogP contribution < -0.4 is 11.1 Å². The SMILES string of the molecule is NCC1CCC(C(=O)NC2CC2c2ccccc2)O1. The number of benzene rings is 1. The number of carbonyl (C=O) groups is 1. The lowest BCUT2D eigenvalue weighted by Crippen LogP contribution is -2.37. The Balaban J connectivity index is 1.50. The maximum Gasteiger partial charge on any atom is 0.249 e. The van der Waals surface area contributed by atoms with Crippen LogP contribution in [0.2, 0.25) is 0 Å². The van der Waals surface area contributed by atoms with E-state index in [0.29, 0.717) is 12.5 Å². The van der Waals surface area contributed by atoms with E-state index in [2.05, 4.69) is 17.4 Å². The highest BCUT2D eigenvalue weighted by molar-refractivity contribution is 5.81. The Bertz CT molecular complexity index is 449. The van der Waals surface area contributed by atoms with Crippen molar-refractivity contribution in [2.24, 2.45) is 5.73 Å². The van der Waals surface area contributed by atoms with Gasteiger partial charge in [-0.2, -0.15) is 0 Å². The first kappa shape index (κ1) is 12.6. The summed E-state index contributed by atoms with van der Waals surface area (Å²) in [6.07, 6.45) is 2.46. The Labute approximate surface area is 113 Å². The molecule has 4 nitrogen and oxygen atoms in total. The fraction of sp³-hybridized carbons (Fsp3) is 0.533. The van der Waals surface area contributed by atoms with Crippen LogP contribution in [-0.4, -0.2) is 30.7 Å². The van der Waals surface area contributed by atoms with Gasteiger partial charge < -0.3 is 15.8 Å². The summed E-state index contributed by atoms with van der Waals surface area (Å²) < 4.78 is 5.60. The number of nitrogens with two attached hydrogens (primary N) is 1. The standard InChI is InChI=1S/C15H20N2O2/c16-9-11-6-7-14(19-11)15(18)17-13-8-12(13)10-4-2-1-3-5-10/h1-5,11-14H,6-9,16H2,(H,17,18). The highest BCUT2D eigenvalue weighted by Gasteiger charge is 2.41. The second kappa shape index (κ2) is 5.31. The summed E-state index contributed by atoms with van der Waals surface area (Å²) in [6.45, 7) is 0.500. The van der Waals surface area contributed by atoms with Gasteiger partial charge in [0.2, 0.25) is 5.91 Å². The molecule has 3 N–H and O–H groups in total. The zero-order chi connectivity index (χ0) is 13.2. The zero-order valence-electron chi connectivity index (χ0n) is 10.9. The Morgan fingerprint density at radius 1 is 1.32 bits per heavy atom. The van der Waals surface area contributed by atoms with E-state index in [4.69, 9.17) is 10.5 Å². The number of hydrogen-bond donors (Lipinski definition) is 2. The van der Waals surface area contributed by atoms with Crippen LogP contribution in [0.3, 0.4) is 0 Å². The summed E-state index contributed by atoms with van der Waals surface area (Å²) in [6, 6.07) is 10.6. The van der Waals surface area contributed by atoms with E-state index in [0.717, 1.165) is 19.3 Å². The molecule has 0 bridgehead atoms. The van der Waals surface area contributed by atoms with E-state index in [9.17, 15) is 4.79 Å². The van der Waals surface area contributed by atoms with Gasteiger partial charge in [0.15, 0.2) is 0 Å². The quantitative estimate of drug-likeness (QED) is 0.854. The molecule has 3 rings (SSSR count). The fourth-order valence-corrected chi connectivity index (χ4v) is 2.77. The van der Waals surface area contributed by atoms with Gasteiger partial charge in [-0.05, 0) is 24.8 Å². The first-order valence-electron chi connectivity index (χ1n) is 6.99. The third-order valence-corrected chi connectivity index (χ3v) is 4.01. The third kappa shape index (κ3) is 2.80. The van der Waals surface area contributed by atoms with Crippen molar-refractivity contribution in [2.45, 2.75) is 43.4 Å². The number of ether oxygens (including phenoxy) is 1. The second-order valence-corrected chi connectivity index (χ2v) is 5.43. The van der Waals surface area contributed by atoms with Crippen LogP contribution in [0.1, 0.15) is 30.7 Å². The van der Waals surface area contributed by atoms with Gasteiger partial charge in [-0.1, -0.05) is 30.3 Å². The van der Waals surface area contributed by atoms with Gasteiger partial charge in [0, 0.05) is 18.5 Å². The molecule has 19 heavy (non-hydrogen) atoms. The molecule has 1 heterocycles. The molecular weight excluding hydrogens is 240 g/mol. The highest BCUT2D eigenvalue weighted by Crippen LogP contribution is 2.40. The molecule has 1 aromatic rings. The normalized spacial score (nSPS) is 33.1. The lowest BCUT2D eigenvalue weighted by molar-refractivity contribution is -0.132. The molecule has 1 aliphatic heterocycles. The highest BCUT2D eigenvalue weighted by atomic mass is 16.5. The van der Waals surface area contributed by atoms with Crippen LogP contribution in [0.25, 0.3) is 0 Å². The molecule has 2 aliphatic rings. The number of nitrogens with one attached hydrogen (secondary N) is 1. The van der Waals surface area contributed by atoms with Crippen LogP contribution in [0.5, 0.6) is 0 Å². The van der Waals surface area contributed by atoms with E-state index in [1.165, 1.54) is 5.56 Å². The smallest absolute Gasteiger partial charge is 0.249 e. The molecule has 2 fully saturated rings. The minimum Gasteiger partial charge on any atom is -0.364 e. The Morgan fingerprint density at radius 2 is 2.11 bits per heavy atom. The summed E-state index contributed by atoms with van der Waals surface area (Å²) in [5.74, 6) is 0.497. The molecule has 1 saturated carbocycles. The summed E-state index contributed by atoms with van der Waals surface area (Å²) >= 11 is 0. The van der Waals surface area contributed by atoms with Crippen LogP contribution >= 0.6 is 0 Å². The van der Waals surface area contributed by atoms with E-state index < -0.39 is 0 Å². The largest absolute Gasteiger partial charge is 0.364 e. The van der Waals surface area contributed by atoms with Crippen LogP contribution in [0.15, 0.2) is 30.3 Å².